The van der Waals surface area contributed by atoms with Gasteiger partial charge in [-0.1, -0.05) is 26.7 Å². The van der Waals surface area contributed by atoms with Crippen molar-refractivity contribution >= 4 is 0 Å². The zero-order chi connectivity index (χ0) is 13.2. The van der Waals surface area contributed by atoms with Crippen molar-refractivity contribution in [1.29, 1.82) is 0 Å². The minimum absolute atomic E-state index is 0.398. The molecule has 0 radical (unpaired) electrons. The molecule has 1 N–H and O–H groups in total. The average molecular weight is 249 g/mol. The Labute approximate surface area is 111 Å². The highest BCUT2D eigenvalue weighted by atomic mass is 15.1. The molecule has 1 aromatic heterocycles. The first-order valence-electron chi connectivity index (χ1n) is 7.30. The third-order valence-electron chi connectivity index (χ3n) is 4.59. The van der Waals surface area contributed by atoms with Crippen molar-refractivity contribution in [1.82, 2.24) is 14.9 Å². The molecule has 18 heavy (non-hydrogen) atoms. The maximum absolute atomic E-state index is 4.47. The fraction of sp³-hybridized carbons (Fsp3) is 0.800. The van der Waals surface area contributed by atoms with E-state index in [-0.39, 0.29) is 0 Å². The summed E-state index contributed by atoms with van der Waals surface area (Å²) in [5, 5.41) is 3.76. The molecule has 102 valence electrons. The fourth-order valence-electron chi connectivity index (χ4n) is 3.26. The van der Waals surface area contributed by atoms with Gasteiger partial charge in [-0.3, -0.25) is 0 Å². The molecule has 1 heterocycles. The van der Waals surface area contributed by atoms with Gasteiger partial charge in [-0.2, -0.15) is 0 Å². The molecule has 0 amide bonds. The number of hydrogen-bond donors (Lipinski definition) is 1. The van der Waals surface area contributed by atoms with Gasteiger partial charge in [0, 0.05) is 7.05 Å². The fourth-order valence-corrected chi connectivity index (χ4v) is 3.26. The van der Waals surface area contributed by atoms with E-state index in [1.807, 2.05) is 0 Å². The van der Waals surface area contributed by atoms with Crippen molar-refractivity contribution in [3.8, 4) is 0 Å². The molecule has 1 saturated carbocycles. The minimum atomic E-state index is 0.398. The van der Waals surface area contributed by atoms with Crippen LogP contribution in [-0.2, 0) is 7.05 Å². The largest absolute Gasteiger partial charge is 0.334 e. The van der Waals surface area contributed by atoms with Crippen LogP contribution in [0, 0.1) is 12.3 Å². The van der Waals surface area contributed by atoms with Crippen LogP contribution in [0.5, 0.6) is 0 Å². The van der Waals surface area contributed by atoms with Crippen LogP contribution in [0.3, 0.4) is 0 Å². The normalized spacial score (nSPS) is 20.2. The molecular formula is C15H27N3. The number of nitrogens with one attached hydrogen (secondary N) is 1. The van der Waals surface area contributed by atoms with Crippen LogP contribution < -0.4 is 5.32 Å². The summed E-state index contributed by atoms with van der Waals surface area (Å²) < 4.78 is 2.25. The zero-order valence-corrected chi connectivity index (χ0v) is 12.3. The summed E-state index contributed by atoms with van der Waals surface area (Å²) in [5.41, 5.74) is 1.75. The lowest BCUT2D eigenvalue weighted by Crippen LogP contribution is -2.36. The molecule has 0 bridgehead atoms. The first-order valence-corrected chi connectivity index (χ1v) is 7.30. The van der Waals surface area contributed by atoms with Crippen LogP contribution >= 0.6 is 0 Å². The highest BCUT2D eigenvalue weighted by molar-refractivity contribution is 5.14. The second-order valence-electron chi connectivity index (χ2n) is 6.04. The smallest absolute Gasteiger partial charge is 0.105 e. The molecule has 3 heteroatoms. The van der Waals surface area contributed by atoms with Crippen molar-refractivity contribution in [2.75, 3.05) is 6.54 Å². The van der Waals surface area contributed by atoms with Gasteiger partial charge in [-0.15, -0.1) is 0 Å². The molecular weight excluding hydrogens is 222 g/mol. The second kappa shape index (κ2) is 5.43. The number of nitrogens with zero attached hydrogens (tertiary/aromatic N) is 2. The van der Waals surface area contributed by atoms with Crippen molar-refractivity contribution < 1.29 is 0 Å². The molecule has 1 unspecified atom stereocenters. The second-order valence-corrected chi connectivity index (χ2v) is 6.04. The number of hydrogen-bond acceptors (Lipinski definition) is 2. The van der Waals surface area contributed by atoms with Gasteiger partial charge in [-0.05, 0) is 38.1 Å². The molecule has 0 aliphatic heterocycles. The molecule has 1 aliphatic rings. The van der Waals surface area contributed by atoms with Crippen molar-refractivity contribution in [3.63, 3.8) is 0 Å². The van der Waals surface area contributed by atoms with Gasteiger partial charge < -0.3 is 9.88 Å². The lowest BCUT2D eigenvalue weighted by atomic mass is 9.79. The van der Waals surface area contributed by atoms with Gasteiger partial charge in [0.25, 0.3) is 0 Å². The van der Waals surface area contributed by atoms with Gasteiger partial charge in [-0.25, -0.2) is 4.98 Å². The van der Waals surface area contributed by atoms with Crippen LogP contribution in [0.4, 0.5) is 0 Å². The van der Waals surface area contributed by atoms with E-state index < -0.39 is 0 Å². The summed E-state index contributed by atoms with van der Waals surface area (Å²) in [5.74, 6) is 1.11. The van der Waals surface area contributed by atoms with Gasteiger partial charge in [0.05, 0.1) is 17.9 Å². The quantitative estimate of drug-likeness (QED) is 0.867. The molecule has 1 aromatic rings. The summed E-state index contributed by atoms with van der Waals surface area (Å²) in [4.78, 5) is 4.47. The Kier molecular flexibility index (Phi) is 4.10. The van der Waals surface area contributed by atoms with E-state index in [9.17, 15) is 0 Å². The number of imidazole rings is 1. The molecule has 1 fully saturated rings. The number of rotatable bonds is 5. The van der Waals surface area contributed by atoms with Crippen molar-refractivity contribution in [2.24, 2.45) is 12.5 Å². The average Bonchev–Trinajstić information content (AvgIpc) is 2.91. The van der Waals surface area contributed by atoms with E-state index in [4.69, 9.17) is 0 Å². The first-order chi connectivity index (χ1) is 8.58. The predicted octanol–water partition coefficient (Wildman–Crippen LogP) is 3.35. The monoisotopic (exact) mass is 249 g/mol. The molecule has 3 nitrogen and oxygen atoms in total. The summed E-state index contributed by atoms with van der Waals surface area (Å²) in [6, 6.07) is 0.450. The molecule has 1 atom stereocenters. The third-order valence-corrected chi connectivity index (χ3v) is 4.59. The minimum Gasteiger partial charge on any atom is -0.334 e. The van der Waals surface area contributed by atoms with E-state index in [0.29, 0.717) is 11.5 Å². The van der Waals surface area contributed by atoms with Gasteiger partial charge in [0.15, 0.2) is 0 Å². The Morgan fingerprint density at radius 1 is 1.44 bits per heavy atom. The summed E-state index contributed by atoms with van der Waals surface area (Å²) in [6.07, 6.45) is 8.65. The Morgan fingerprint density at radius 2 is 2.11 bits per heavy atom. The van der Waals surface area contributed by atoms with Crippen LogP contribution in [0.25, 0.3) is 0 Å². The molecule has 2 rings (SSSR count). The van der Waals surface area contributed by atoms with E-state index in [0.717, 1.165) is 12.4 Å². The van der Waals surface area contributed by atoms with E-state index in [1.165, 1.54) is 37.8 Å². The highest BCUT2D eigenvalue weighted by Gasteiger charge is 2.38. The van der Waals surface area contributed by atoms with Crippen LogP contribution in [0.2, 0.25) is 0 Å². The SMILES string of the molecule is CCCNC(c1cnc(C)n1C)C1(C)CCCC1. The van der Waals surface area contributed by atoms with Crippen LogP contribution in [-0.4, -0.2) is 16.1 Å². The summed E-state index contributed by atoms with van der Waals surface area (Å²) >= 11 is 0. The maximum atomic E-state index is 4.47. The van der Waals surface area contributed by atoms with E-state index in [1.54, 1.807) is 0 Å². The Bertz CT molecular complexity index is 388. The zero-order valence-electron chi connectivity index (χ0n) is 12.3. The van der Waals surface area contributed by atoms with Gasteiger partial charge in [0.1, 0.15) is 5.82 Å². The topological polar surface area (TPSA) is 29.9 Å². The Balaban J connectivity index is 2.27. The van der Waals surface area contributed by atoms with Crippen molar-refractivity contribution in [3.05, 3.63) is 17.7 Å². The van der Waals surface area contributed by atoms with Crippen molar-refractivity contribution in [2.45, 2.75) is 58.9 Å². The molecule has 1 aliphatic carbocycles. The predicted molar refractivity (Wildman–Crippen MR) is 75.6 cm³/mol. The highest BCUT2D eigenvalue weighted by Crippen LogP contribution is 2.47. The maximum Gasteiger partial charge on any atom is 0.105 e. The third kappa shape index (κ3) is 2.46. The van der Waals surface area contributed by atoms with Gasteiger partial charge >= 0.3 is 0 Å². The molecule has 0 spiro atoms. The van der Waals surface area contributed by atoms with Crippen LogP contribution in [0.1, 0.15) is 63.5 Å². The standard InChI is InChI=1S/C15H27N3/c1-5-10-16-14(15(3)8-6-7-9-15)13-11-17-12(2)18(13)4/h11,14,16H,5-10H2,1-4H3. The summed E-state index contributed by atoms with van der Waals surface area (Å²) in [7, 11) is 2.14. The van der Waals surface area contributed by atoms with E-state index in [2.05, 4.69) is 48.9 Å². The van der Waals surface area contributed by atoms with E-state index >= 15 is 0 Å². The Morgan fingerprint density at radius 3 is 2.61 bits per heavy atom. The van der Waals surface area contributed by atoms with Crippen LogP contribution in [0.15, 0.2) is 6.20 Å². The lowest BCUT2D eigenvalue weighted by Gasteiger charge is -2.35. The molecule has 0 saturated heterocycles. The first kappa shape index (κ1) is 13.6. The number of aryl methyl sites for hydroxylation is 1. The summed E-state index contributed by atoms with van der Waals surface area (Å²) in [6.45, 7) is 7.84. The van der Waals surface area contributed by atoms with Gasteiger partial charge in [0.2, 0.25) is 0 Å². The Hall–Kier alpha value is -0.830. The number of aromatic nitrogens is 2. The lowest BCUT2D eigenvalue weighted by molar-refractivity contribution is 0.216. The molecule has 0 aromatic carbocycles.